The molecule has 0 bridgehead atoms. The Morgan fingerprint density at radius 2 is 0.286 bits per heavy atom. The van der Waals surface area contributed by atoms with Crippen LogP contribution in [0.25, 0.3) is 0 Å². The van der Waals surface area contributed by atoms with Gasteiger partial charge >= 0.3 is 8.60 Å². The van der Waals surface area contributed by atoms with Gasteiger partial charge in [-0.1, -0.05) is 465 Å². The summed E-state index contributed by atoms with van der Waals surface area (Å²) < 4.78 is 22.1. The van der Waals surface area contributed by atoms with Crippen molar-refractivity contribution in [3.05, 3.63) is 51.6 Å². The van der Waals surface area contributed by atoms with Crippen LogP contribution >= 0.6 is 8.60 Å². The fourth-order valence-corrected chi connectivity index (χ4v) is 18.3. The Bertz CT molecular complexity index is 2340. The summed E-state index contributed by atoms with van der Waals surface area (Å²) in [4.78, 5) is 0. The minimum atomic E-state index is -2.52. The van der Waals surface area contributed by atoms with Crippen LogP contribution in [-0.2, 0) is 38.5 Å². The van der Waals surface area contributed by atoms with Crippen LogP contribution in [0.1, 0.15) is 537 Å². The van der Waals surface area contributed by atoms with E-state index in [0.717, 1.165) is 149 Å². The number of benzene rings is 3. The molecule has 3 aromatic carbocycles. The first-order valence-electron chi connectivity index (χ1n) is 49.6. The summed E-state index contributed by atoms with van der Waals surface area (Å²) in [5, 5.41) is 72.6. The normalized spacial score (nSPS) is 11.7. The fraction of sp³-hybridized carbons (Fsp3) is 0.824. The van der Waals surface area contributed by atoms with E-state index in [4.69, 9.17) is 13.6 Å². The molecule has 650 valence electrons. The summed E-state index contributed by atoms with van der Waals surface area (Å²) in [5.41, 5.74) is 4.75. The topological polar surface area (TPSA) is 149 Å². The van der Waals surface area contributed by atoms with E-state index >= 15 is 0 Å². The van der Waals surface area contributed by atoms with Crippen molar-refractivity contribution in [1.29, 1.82) is 0 Å². The van der Waals surface area contributed by atoms with Gasteiger partial charge in [-0.15, -0.1) is 0 Å². The third kappa shape index (κ3) is 50.8. The molecule has 0 saturated heterocycles. The van der Waals surface area contributed by atoms with Gasteiger partial charge in [0.25, 0.3) is 0 Å². The van der Waals surface area contributed by atoms with Crippen molar-refractivity contribution in [3.8, 4) is 51.7 Å². The maximum absolute atomic E-state index is 12.2. The molecule has 112 heavy (non-hydrogen) atoms. The SMILES string of the molecule is CCCCCCCCCCCCCCc1c(OP(Oc2cc(O)c(O)c(CCCCCCCCCCCCCC)c2CCCCCCCCCCCCCC)Oc2cc(O)c(O)c(CCCCCCCCCCCCCC)c2CCCCCCCCCCCCCC)cc(O)c(O)c1CCCCCCCCCCCCCC. The summed E-state index contributed by atoms with van der Waals surface area (Å²) in [6.45, 7) is 13.7. The van der Waals surface area contributed by atoms with Crippen LogP contribution in [0.3, 0.4) is 0 Å². The quantitative estimate of drug-likeness (QED) is 0.0185. The number of rotatable bonds is 84. The predicted molar refractivity (Wildman–Crippen MR) is 487 cm³/mol. The highest BCUT2D eigenvalue weighted by Gasteiger charge is 2.31. The van der Waals surface area contributed by atoms with Gasteiger partial charge in [-0.05, 0) is 77.0 Å². The largest absolute Gasteiger partial charge is 0.530 e. The third-order valence-corrected chi connectivity index (χ3v) is 25.6. The van der Waals surface area contributed by atoms with Crippen molar-refractivity contribution in [2.75, 3.05) is 0 Å². The van der Waals surface area contributed by atoms with Gasteiger partial charge in [0.2, 0.25) is 0 Å². The van der Waals surface area contributed by atoms with Crippen LogP contribution in [0, 0.1) is 0 Å². The van der Waals surface area contributed by atoms with Gasteiger partial charge in [-0.25, -0.2) is 0 Å². The first-order chi connectivity index (χ1) is 55.1. The van der Waals surface area contributed by atoms with Crippen molar-refractivity contribution in [2.45, 2.75) is 542 Å². The lowest BCUT2D eigenvalue weighted by atomic mass is 9.94. The van der Waals surface area contributed by atoms with Crippen molar-refractivity contribution in [3.63, 3.8) is 0 Å². The molecule has 0 radical (unpaired) electrons. The van der Waals surface area contributed by atoms with E-state index in [1.165, 1.54) is 347 Å². The highest BCUT2D eigenvalue weighted by Crippen LogP contribution is 2.53. The number of aromatic hydroxyl groups is 6. The Labute approximate surface area is 694 Å². The van der Waals surface area contributed by atoms with Crippen LogP contribution in [0.5, 0.6) is 51.7 Å². The van der Waals surface area contributed by atoms with E-state index in [2.05, 4.69) is 41.5 Å². The van der Waals surface area contributed by atoms with Crippen molar-refractivity contribution in [1.82, 2.24) is 0 Å². The maximum atomic E-state index is 12.2. The van der Waals surface area contributed by atoms with E-state index in [1.54, 1.807) is 18.2 Å². The smallest absolute Gasteiger partial charge is 0.504 e. The summed E-state index contributed by atoms with van der Waals surface area (Å²) in [6, 6.07) is 4.71. The summed E-state index contributed by atoms with van der Waals surface area (Å²) in [6.07, 6.45) is 92.0. The van der Waals surface area contributed by atoms with Crippen LogP contribution in [0.15, 0.2) is 18.2 Å². The molecule has 0 aliphatic carbocycles. The molecule has 0 atom stereocenters. The van der Waals surface area contributed by atoms with Gasteiger partial charge in [0.15, 0.2) is 34.5 Å². The van der Waals surface area contributed by atoms with Crippen LogP contribution < -0.4 is 13.6 Å². The van der Waals surface area contributed by atoms with Gasteiger partial charge in [0, 0.05) is 51.6 Å². The molecule has 0 unspecified atom stereocenters. The maximum Gasteiger partial charge on any atom is 0.530 e. The molecule has 0 aliphatic rings. The second-order valence-corrected chi connectivity index (χ2v) is 35.9. The molecule has 0 aliphatic heterocycles. The van der Waals surface area contributed by atoms with Crippen molar-refractivity contribution < 1.29 is 44.2 Å². The van der Waals surface area contributed by atoms with Crippen molar-refractivity contribution in [2.24, 2.45) is 0 Å². The van der Waals surface area contributed by atoms with Gasteiger partial charge < -0.3 is 44.2 Å². The third-order valence-electron chi connectivity index (χ3n) is 24.6. The van der Waals surface area contributed by atoms with Crippen LogP contribution in [0.4, 0.5) is 0 Å². The lowest BCUT2D eigenvalue weighted by molar-refractivity contribution is 0.362. The Kier molecular flexibility index (Phi) is 67.4. The molecule has 0 fully saturated rings. The van der Waals surface area contributed by atoms with Crippen LogP contribution in [0.2, 0.25) is 0 Å². The molecule has 0 spiro atoms. The van der Waals surface area contributed by atoms with E-state index in [0.29, 0.717) is 55.8 Å². The molecule has 9 nitrogen and oxygen atoms in total. The fourth-order valence-electron chi connectivity index (χ4n) is 17.2. The average molecular weight is 1580 g/mol. The lowest BCUT2D eigenvalue weighted by Crippen LogP contribution is -2.10. The summed E-state index contributed by atoms with van der Waals surface area (Å²) >= 11 is 0. The Hall–Kier alpha value is -3.71. The molecule has 3 rings (SSSR count). The predicted octanol–water partition coefficient (Wildman–Crippen LogP) is 35.1. The molecule has 10 heteroatoms. The minimum absolute atomic E-state index is 0.0817. The Morgan fingerprint density at radius 1 is 0.170 bits per heavy atom. The van der Waals surface area contributed by atoms with E-state index < -0.39 is 8.60 Å². The molecule has 0 amide bonds. The first-order valence-corrected chi connectivity index (χ1v) is 50.7. The van der Waals surface area contributed by atoms with E-state index in [-0.39, 0.29) is 34.5 Å². The van der Waals surface area contributed by atoms with Gasteiger partial charge in [0.1, 0.15) is 17.2 Å². The zero-order valence-corrected chi connectivity index (χ0v) is 75.6. The van der Waals surface area contributed by atoms with E-state index in [1.807, 2.05) is 0 Å². The summed E-state index contributed by atoms with van der Waals surface area (Å²) in [5.74, 6) is 0.253. The molecular formula is C102H183O9P. The molecule has 3 aromatic rings. The number of phenolic OH excluding ortho intramolecular Hbond substituents is 6. The minimum Gasteiger partial charge on any atom is -0.504 e. The first kappa shape index (κ1) is 102. The second kappa shape index (κ2) is 73.6. The van der Waals surface area contributed by atoms with Crippen molar-refractivity contribution >= 4 is 8.60 Å². The van der Waals surface area contributed by atoms with E-state index in [9.17, 15) is 30.6 Å². The molecule has 0 heterocycles. The standard InChI is InChI=1S/C102H183O9P/c1-7-13-19-25-31-37-43-49-55-61-67-73-79-88-91(82-76-70-64-58-52-46-40-34-28-22-16-10-4)100(106)94(103)85-97(88)109-112(110-98-86-95(104)101(107)92(83-77-71-65-59-53-47-41-35-29-23-17-11-5)89(98)80-74-68-62-56-50-44-38-32-26-20-14-8-2)111-99-87-96(105)102(108)93(84-78-72-66-60-54-48-42-36-30-24-18-12-6)90(99)81-75-69-63-57-51-45-39-33-27-21-15-9-3/h85-87,103-108H,7-84H2,1-6H3. The average Bonchev–Trinajstić information content (AvgIpc) is 0.789. The zero-order valence-electron chi connectivity index (χ0n) is 74.7. The number of phenols is 6. The molecule has 6 N–H and O–H groups in total. The second-order valence-electron chi connectivity index (χ2n) is 34.9. The lowest BCUT2D eigenvalue weighted by Gasteiger charge is -2.26. The number of unbranched alkanes of at least 4 members (excludes halogenated alkanes) is 66. The molecule has 0 aromatic heterocycles. The highest BCUT2D eigenvalue weighted by molar-refractivity contribution is 7.43. The number of hydrogen-bond donors (Lipinski definition) is 6. The monoisotopic (exact) mass is 1580 g/mol. The highest BCUT2D eigenvalue weighted by atomic mass is 31.2. The Balaban J connectivity index is 2.21. The number of hydrogen-bond acceptors (Lipinski definition) is 9. The summed E-state index contributed by atoms with van der Waals surface area (Å²) in [7, 11) is -2.52. The van der Waals surface area contributed by atoms with Crippen LogP contribution in [-0.4, -0.2) is 30.6 Å². The zero-order chi connectivity index (χ0) is 80.6. The van der Waals surface area contributed by atoms with Gasteiger partial charge in [-0.3, -0.25) is 0 Å². The Morgan fingerprint density at radius 3 is 0.420 bits per heavy atom. The molecule has 0 saturated carbocycles. The molecular weight excluding hydrogens is 1400 g/mol. The van der Waals surface area contributed by atoms with Gasteiger partial charge in [0.05, 0.1) is 0 Å². The van der Waals surface area contributed by atoms with Gasteiger partial charge in [-0.2, -0.15) is 0 Å².